The van der Waals surface area contributed by atoms with E-state index < -0.39 is 55.5 Å². The molecule has 7 atom stereocenters. The van der Waals surface area contributed by atoms with E-state index in [1.165, 1.54) is 6.08 Å². The average molecular weight is 314 g/mol. The van der Waals surface area contributed by atoms with E-state index in [0.29, 0.717) is 6.42 Å². The quantitative estimate of drug-likeness (QED) is 0.440. The van der Waals surface area contributed by atoms with Crippen molar-refractivity contribution in [2.45, 2.75) is 49.3 Å². The highest BCUT2D eigenvalue weighted by molar-refractivity contribution is 5.86. The summed E-state index contributed by atoms with van der Waals surface area (Å²) < 4.78 is 16.0. The average Bonchev–Trinajstić information content (AvgIpc) is 2.87. The van der Waals surface area contributed by atoms with Gasteiger partial charge in [0, 0.05) is 12.5 Å². The van der Waals surface area contributed by atoms with Crippen LogP contribution in [0.1, 0.15) is 6.42 Å². The van der Waals surface area contributed by atoms with Gasteiger partial charge in [-0.3, -0.25) is 0 Å². The minimum absolute atomic E-state index is 0.364. The van der Waals surface area contributed by atoms with Crippen LogP contribution >= 0.6 is 0 Å². The second kappa shape index (κ2) is 6.07. The predicted molar refractivity (Wildman–Crippen MR) is 70.4 cm³/mol. The molecule has 0 amide bonds. The fraction of sp³-hybridized carbons (Fsp3) is 0.643. The van der Waals surface area contributed by atoms with Gasteiger partial charge in [0.1, 0.15) is 30.5 Å². The molecule has 0 radical (unpaired) electrons. The molecule has 7 unspecified atom stereocenters. The molecule has 3 aliphatic rings. The van der Waals surface area contributed by atoms with Crippen molar-refractivity contribution in [2.24, 2.45) is 0 Å². The number of rotatable bonds is 3. The molecule has 0 spiro atoms. The minimum Gasteiger partial charge on any atom is -0.454 e. The Morgan fingerprint density at radius 2 is 2.00 bits per heavy atom. The Morgan fingerprint density at radius 1 is 1.23 bits per heavy atom. The van der Waals surface area contributed by atoms with Crippen molar-refractivity contribution in [3.05, 3.63) is 23.8 Å². The second-order valence-electron chi connectivity index (χ2n) is 5.54. The van der Waals surface area contributed by atoms with Crippen LogP contribution < -0.4 is 0 Å². The van der Waals surface area contributed by atoms with Crippen LogP contribution in [-0.2, 0) is 19.0 Å². The van der Waals surface area contributed by atoms with Crippen LogP contribution in [0.5, 0.6) is 0 Å². The molecule has 1 aliphatic carbocycles. The molecule has 0 aromatic heterocycles. The van der Waals surface area contributed by atoms with Gasteiger partial charge in [-0.05, 0) is 5.57 Å². The van der Waals surface area contributed by atoms with E-state index >= 15 is 0 Å². The summed E-state index contributed by atoms with van der Waals surface area (Å²) in [4.78, 5) is 11.2. The molecular weight excluding hydrogens is 296 g/mol. The highest BCUT2D eigenvalue weighted by Crippen LogP contribution is 2.30. The summed E-state index contributed by atoms with van der Waals surface area (Å²) in [6.45, 7) is -0.515. The van der Waals surface area contributed by atoms with E-state index in [0.717, 1.165) is 5.57 Å². The van der Waals surface area contributed by atoms with Crippen molar-refractivity contribution in [2.75, 3.05) is 6.61 Å². The predicted octanol–water partition coefficient (Wildman–Crippen LogP) is -2.02. The molecule has 2 aliphatic heterocycles. The Balaban J connectivity index is 1.65. The van der Waals surface area contributed by atoms with E-state index in [-0.39, 0.29) is 0 Å². The first-order valence-corrected chi connectivity index (χ1v) is 7.06. The minimum atomic E-state index is -1.48. The van der Waals surface area contributed by atoms with Gasteiger partial charge >= 0.3 is 5.97 Å². The Labute approximate surface area is 126 Å². The van der Waals surface area contributed by atoms with Crippen LogP contribution in [0.4, 0.5) is 0 Å². The number of aliphatic hydroxyl groups excluding tert-OH is 4. The molecule has 122 valence electrons. The van der Waals surface area contributed by atoms with Crippen molar-refractivity contribution in [3.8, 4) is 0 Å². The van der Waals surface area contributed by atoms with Gasteiger partial charge in [0.05, 0.1) is 12.7 Å². The normalized spacial score (nSPS) is 44.5. The van der Waals surface area contributed by atoms with E-state index in [1.807, 2.05) is 0 Å². The molecule has 4 N–H and O–H groups in total. The van der Waals surface area contributed by atoms with E-state index in [2.05, 4.69) is 0 Å². The summed E-state index contributed by atoms with van der Waals surface area (Å²) in [7, 11) is 0. The third kappa shape index (κ3) is 2.81. The lowest BCUT2D eigenvalue weighted by atomic mass is 9.96. The summed E-state index contributed by atoms with van der Waals surface area (Å²) in [5, 5.41) is 38.5. The molecule has 2 heterocycles. The zero-order chi connectivity index (χ0) is 15.9. The maximum atomic E-state index is 11.2. The van der Waals surface area contributed by atoms with Crippen LogP contribution in [0.25, 0.3) is 0 Å². The van der Waals surface area contributed by atoms with Gasteiger partial charge in [0.2, 0.25) is 0 Å². The summed E-state index contributed by atoms with van der Waals surface area (Å²) >= 11 is 0. The first kappa shape index (κ1) is 15.6. The number of hydrogen-bond donors (Lipinski definition) is 4. The third-order valence-electron chi connectivity index (χ3n) is 4.02. The molecule has 0 aromatic rings. The number of hydrogen-bond acceptors (Lipinski definition) is 8. The monoisotopic (exact) mass is 314 g/mol. The lowest BCUT2D eigenvalue weighted by molar-refractivity contribution is -0.308. The van der Waals surface area contributed by atoms with Crippen molar-refractivity contribution < 1.29 is 39.4 Å². The fourth-order valence-electron chi connectivity index (χ4n) is 2.77. The van der Waals surface area contributed by atoms with E-state index in [1.54, 1.807) is 12.2 Å². The van der Waals surface area contributed by atoms with Gasteiger partial charge in [-0.1, -0.05) is 12.2 Å². The van der Waals surface area contributed by atoms with Crippen LogP contribution in [-0.4, -0.2) is 75.9 Å². The SMILES string of the molecule is O=C1C=C2C=CC(OC3OC(CO)C(O)C(O)C3O)CC2O1. The third-order valence-corrected chi connectivity index (χ3v) is 4.02. The van der Waals surface area contributed by atoms with E-state index in [4.69, 9.17) is 19.3 Å². The van der Waals surface area contributed by atoms with Gasteiger partial charge < -0.3 is 34.6 Å². The summed E-state index contributed by atoms with van der Waals surface area (Å²) in [5.74, 6) is -0.404. The number of aliphatic hydroxyl groups is 4. The molecule has 8 heteroatoms. The van der Waals surface area contributed by atoms with Crippen molar-refractivity contribution in [1.82, 2.24) is 0 Å². The highest BCUT2D eigenvalue weighted by atomic mass is 16.7. The number of carbonyl (C=O) groups excluding carboxylic acids is 1. The largest absolute Gasteiger partial charge is 0.454 e. The molecule has 3 rings (SSSR count). The maximum absolute atomic E-state index is 11.2. The van der Waals surface area contributed by atoms with E-state index in [9.17, 15) is 20.1 Å². The number of carbonyl (C=O) groups is 1. The fourth-order valence-corrected chi connectivity index (χ4v) is 2.77. The lowest BCUT2D eigenvalue weighted by Gasteiger charge is -2.41. The highest BCUT2D eigenvalue weighted by Gasteiger charge is 2.45. The Bertz CT molecular complexity index is 499. The summed E-state index contributed by atoms with van der Waals surface area (Å²) in [5.41, 5.74) is 0.763. The topological polar surface area (TPSA) is 126 Å². The molecule has 22 heavy (non-hydrogen) atoms. The molecule has 1 fully saturated rings. The van der Waals surface area contributed by atoms with Crippen molar-refractivity contribution >= 4 is 5.97 Å². The Morgan fingerprint density at radius 3 is 2.73 bits per heavy atom. The smallest absolute Gasteiger partial charge is 0.331 e. The summed E-state index contributed by atoms with van der Waals surface area (Å²) in [6, 6.07) is 0. The number of fused-ring (bicyclic) bond motifs is 1. The van der Waals surface area contributed by atoms with Gasteiger partial charge in [0.25, 0.3) is 0 Å². The zero-order valence-electron chi connectivity index (χ0n) is 11.6. The standard InChI is InChI=1S/C14H18O8/c15-5-9-11(17)12(18)13(19)14(22-9)20-7-2-1-6-3-10(16)21-8(6)4-7/h1-3,7-9,11-15,17-19H,4-5H2. The van der Waals surface area contributed by atoms with Crippen molar-refractivity contribution in [1.29, 1.82) is 0 Å². The first-order chi connectivity index (χ1) is 10.5. The van der Waals surface area contributed by atoms with Crippen LogP contribution in [0.15, 0.2) is 23.8 Å². The van der Waals surface area contributed by atoms with Gasteiger partial charge in [-0.15, -0.1) is 0 Å². The maximum Gasteiger partial charge on any atom is 0.331 e. The van der Waals surface area contributed by atoms with Crippen molar-refractivity contribution in [3.63, 3.8) is 0 Å². The zero-order valence-corrected chi connectivity index (χ0v) is 11.6. The first-order valence-electron chi connectivity index (χ1n) is 7.06. The van der Waals surface area contributed by atoms with Crippen LogP contribution in [0.2, 0.25) is 0 Å². The van der Waals surface area contributed by atoms with Crippen LogP contribution in [0, 0.1) is 0 Å². The lowest BCUT2D eigenvalue weighted by Crippen LogP contribution is -2.59. The molecule has 0 bridgehead atoms. The van der Waals surface area contributed by atoms with Gasteiger partial charge in [0.15, 0.2) is 6.29 Å². The van der Waals surface area contributed by atoms with Gasteiger partial charge in [-0.25, -0.2) is 4.79 Å². The number of esters is 1. The molecular formula is C14H18O8. The summed E-state index contributed by atoms with van der Waals surface area (Å²) in [6.07, 6.45) is -2.29. The van der Waals surface area contributed by atoms with Gasteiger partial charge in [-0.2, -0.15) is 0 Å². The molecule has 0 aromatic carbocycles. The Hall–Kier alpha value is -1.29. The Kier molecular flexibility index (Phi) is 4.31. The molecule has 8 nitrogen and oxygen atoms in total. The number of ether oxygens (including phenoxy) is 3. The van der Waals surface area contributed by atoms with Crippen LogP contribution in [0.3, 0.4) is 0 Å². The molecule has 1 saturated heterocycles. The second-order valence-corrected chi connectivity index (χ2v) is 5.54. The molecule has 0 saturated carbocycles.